The number of anilines is 1. The summed E-state index contributed by atoms with van der Waals surface area (Å²) in [5.74, 6) is 0.971. The molecule has 1 aromatic rings. The first-order valence-electron chi connectivity index (χ1n) is 8.61. The number of amidine groups is 1. The number of rotatable bonds is 2. The minimum absolute atomic E-state index is 0.0481. The third-order valence-electron chi connectivity index (χ3n) is 5.63. The van der Waals surface area contributed by atoms with E-state index in [9.17, 15) is 9.59 Å². The van der Waals surface area contributed by atoms with Gasteiger partial charge in [-0.15, -0.1) is 5.10 Å². The van der Waals surface area contributed by atoms with Crippen LogP contribution >= 0.6 is 0 Å². The molecule has 1 amide bonds. The highest BCUT2D eigenvalue weighted by Crippen LogP contribution is 2.49. The summed E-state index contributed by atoms with van der Waals surface area (Å²) in [5, 5.41) is 6.15. The lowest BCUT2D eigenvalue weighted by atomic mass is 9.86. The maximum atomic E-state index is 12.7. The zero-order valence-electron chi connectivity index (χ0n) is 14.1. The molecule has 2 bridgehead atoms. The number of carbonyl (C=O) groups excluding carboxylic acids is 2. The van der Waals surface area contributed by atoms with E-state index >= 15 is 0 Å². The van der Waals surface area contributed by atoms with Crippen molar-refractivity contribution < 1.29 is 9.59 Å². The fourth-order valence-corrected chi connectivity index (χ4v) is 4.51. The van der Waals surface area contributed by atoms with E-state index in [1.807, 2.05) is 36.1 Å². The van der Waals surface area contributed by atoms with Gasteiger partial charge in [0.2, 0.25) is 5.96 Å². The topological polar surface area (TPSA) is 65.3 Å². The largest absolute Gasteiger partial charge is 0.291 e. The van der Waals surface area contributed by atoms with E-state index in [1.54, 1.807) is 5.01 Å². The van der Waals surface area contributed by atoms with Gasteiger partial charge in [0.05, 0.1) is 17.6 Å². The second kappa shape index (κ2) is 4.88. The maximum Gasteiger partial charge on any atom is 0.254 e. The standard InChI is InChI=1S/C19H18N4O2/c1-10-3-7-14(8-4-10)23-19-20-18(25)15-12-5-6-13(9-12)16(15)22(19)17(21-23)11(2)24/h3-8,12-13,15-16H,9H2,1-2H3/t12-,13+,15+,16-/m1/s1. The van der Waals surface area contributed by atoms with Crippen molar-refractivity contribution in [2.75, 3.05) is 5.01 Å². The van der Waals surface area contributed by atoms with Crippen LogP contribution in [0.3, 0.4) is 0 Å². The highest BCUT2D eigenvalue weighted by molar-refractivity contribution is 6.44. The van der Waals surface area contributed by atoms with E-state index in [0.717, 1.165) is 17.7 Å². The Kier molecular flexibility index (Phi) is 2.84. The van der Waals surface area contributed by atoms with Crippen LogP contribution in [0.25, 0.3) is 0 Å². The monoisotopic (exact) mass is 334 g/mol. The first-order valence-corrected chi connectivity index (χ1v) is 8.61. The van der Waals surface area contributed by atoms with Crippen LogP contribution in [0.5, 0.6) is 0 Å². The van der Waals surface area contributed by atoms with Crippen LogP contribution in [-0.2, 0) is 9.59 Å². The average molecular weight is 334 g/mol. The number of ketones is 1. The molecule has 1 fully saturated rings. The maximum absolute atomic E-state index is 12.7. The molecule has 0 aromatic heterocycles. The van der Waals surface area contributed by atoms with E-state index in [1.165, 1.54) is 6.92 Å². The van der Waals surface area contributed by atoms with Crippen molar-refractivity contribution in [3.8, 4) is 0 Å². The molecule has 4 aliphatic rings. The lowest BCUT2D eigenvalue weighted by Gasteiger charge is -2.38. The number of amides is 1. The number of Topliss-reactive ketones (excluding diaryl/α,β-unsaturated/α-hetero) is 1. The summed E-state index contributed by atoms with van der Waals surface area (Å²) >= 11 is 0. The summed E-state index contributed by atoms with van der Waals surface area (Å²) in [6.07, 6.45) is 5.26. The SMILES string of the molecule is CC(=O)C1=NN(c2ccc(C)cc2)C2=NC(=O)[C@@H]3[C@@H]([C@H]4C=C[C@@H]3C4)N12. The van der Waals surface area contributed by atoms with Gasteiger partial charge in [0.25, 0.3) is 5.91 Å². The molecule has 1 aromatic carbocycles. The predicted octanol–water partition coefficient (Wildman–Crippen LogP) is 2.11. The second-order valence-electron chi connectivity index (χ2n) is 7.21. The van der Waals surface area contributed by atoms with E-state index in [4.69, 9.17) is 0 Å². The lowest BCUT2D eigenvalue weighted by Crippen LogP contribution is -2.56. The van der Waals surface area contributed by atoms with Crippen molar-refractivity contribution in [3.05, 3.63) is 42.0 Å². The molecule has 6 nitrogen and oxygen atoms in total. The Morgan fingerprint density at radius 2 is 1.88 bits per heavy atom. The minimum atomic E-state index is -0.165. The van der Waals surface area contributed by atoms with Crippen molar-refractivity contribution >= 4 is 29.2 Å². The molecule has 1 saturated carbocycles. The molecular weight excluding hydrogens is 316 g/mol. The first-order chi connectivity index (χ1) is 12.0. The third-order valence-corrected chi connectivity index (χ3v) is 5.63. The quantitative estimate of drug-likeness (QED) is 0.777. The summed E-state index contributed by atoms with van der Waals surface area (Å²) in [5.41, 5.74) is 1.94. The Bertz CT molecular complexity index is 883. The van der Waals surface area contributed by atoms with Gasteiger partial charge >= 0.3 is 0 Å². The number of carbonyl (C=O) groups is 2. The fourth-order valence-electron chi connectivity index (χ4n) is 4.51. The zero-order chi connectivity index (χ0) is 17.3. The second-order valence-corrected chi connectivity index (χ2v) is 7.21. The Labute approximate surface area is 145 Å². The number of hydrazone groups is 1. The van der Waals surface area contributed by atoms with Crippen LogP contribution in [0.15, 0.2) is 46.5 Å². The number of benzene rings is 1. The number of nitrogens with zero attached hydrogens (tertiary/aromatic N) is 4. The number of hydrogen-bond donors (Lipinski definition) is 0. The van der Waals surface area contributed by atoms with E-state index < -0.39 is 0 Å². The normalized spacial score (nSPS) is 31.8. The van der Waals surface area contributed by atoms with Crippen molar-refractivity contribution in [2.24, 2.45) is 27.8 Å². The molecule has 126 valence electrons. The Balaban J connectivity index is 1.64. The molecule has 4 atom stereocenters. The lowest BCUT2D eigenvalue weighted by molar-refractivity contribution is -0.124. The molecule has 6 heteroatoms. The summed E-state index contributed by atoms with van der Waals surface area (Å²) in [4.78, 5) is 31.2. The Morgan fingerprint density at radius 3 is 2.60 bits per heavy atom. The van der Waals surface area contributed by atoms with Crippen LogP contribution < -0.4 is 5.01 Å². The molecule has 0 radical (unpaired) electrons. The van der Waals surface area contributed by atoms with Gasteiger partial charge in [0.1, 0.15) is 0 Å². The van der Waals surface area contributed by atoms with Gasteiger partial charge in [-0.25, -0.2) is 0 Å². The van der Waals surface area contributed by atoms with Crippen LogP contribution in [0.2, 0.25) is 0 Å². The van der Waals surface area contributed by atoms with Gasteiger partial charge in [0, 0.05) is 6.92 Å². The molecule has 0 saturated heterocycles. The van der Waals surface area contributed by atoms with E-state index in [0.29, 0.717) is 11.8 Å². The molecule has 0 N–H and O–H groups in total. The average Bonchev–Trinajstić information content (AvgIpc) is 3.28. The van der Waals surface area contributed by atoms with Crippen molar-refractivity contribution in [3.63, 3.8) is 0 Å². The molecule has 2 aliphatic heterocycles. The highest BCUT2D eigenvalue weighted by atomic mass is 16.2. The van der Waals surface area contributed by atoms with Crippen LogP contribution in [0, 0.1) is 24.7 Å². The molecule has 0 spiro atoms. The third kappa shape index (κ3) is 1.91. The predicted molar refractivity (Wildman–Crippen MR) is 94.1 cm³/mol. The Hall–Kier alpha value is -2.76. The number of guanidine groups is 1. The number of allylic oxidation sites excluding steroid dienone is 1. The molecule has 25 heavy (non-hydrogen) atoms. The van der Waals surface area contributed by atoms with E-state index in [-0.39, 0.29) is 35.5 Å². The van der Waals surface area contributed by atoms with Gasteiger partial charge in [-0.2, -0.15) is 10.0 Å². The molecule has 0 unspecified atom stereocenters. The summed E-state index contributed by atoms with van der Waals surface area (Å²) in [7, 11) is 0. The molecule has 2 aliphatic carbocycles. The van der Waals surface area contributed by atoms with E-state index in [2.05, 4.69) is 22.2 Å². The van der Waals surface area contributed by atoms with Gasteiger partial charge in [-0.1, -0.05) is 29.8 Å². The van der Waals surface area contributed by atoms with Crippen LogP contribution in [0.4, 0.5) is 5.69 Å². The molecule has 2 heterocycles. The zero-order valence-corrected chi connectivity index (χ0v) is 14.1. The summed E-state index contributed by atoms with van der Waals surface area (Å²) in [6, 6.07) is 7.78. The highest BCUT2D eigenvalue weighted by Gasteiger charge is 2.57. The summed E-state index contributed by atoms with van der Waals surface area (Å²) < 4.78 is 0. The minimum Gasteiger partial charge on any atom is -0.291 e. The summed E-state index contributed by atoms with van der Waals surface area (Å²) in [6.45, 7) is 3.53. The number of aryl methyl sites for hydroxylation is 1. The van der Waals surface area contributed by atoms with Crippen molar-refractivity contribution in [1.82, 2.24) is 4.90 Å². The van der Waals surface area contributed by atoms with Gasteiger partial charge in [-0.05, 0) is 37.3 Å². The molecular formula is C19H18N4O2. The van der Waals surface area contributed by atoms with Crippen LogP contribution in [-0.4, -0.2) is 34.4 Å². The van der Waals surface area contributed by atoms with Crippen LogP contribution in [0.1, 0.15) is 18.9 Å². The molecule has 5 rings (SSSR count). The fraction of sp³-hybridized carbons (Fsp3) is 0.368. The van der Waals surface area contributed by atoms with Gasteiger partial charge < -0.3 is 0 Å². The number of fused-ring (bicyclic) bond motifs is 7. The number of hydrogen-bond acceptors (Lipinski definition) is 5. The number of aliphatic imine (C=N–C) groups is 1. The van der Waals surface area contributed by atoms with Gasteiger partial charge in [-0.3, -0.25) is 14.5 Å². The van der Waals surface area contributed by atoms with Crippen molar-refractivity contribution in [1.29, 1.82) is 0 Å². The Morgan fingerprint density at radius 1 is 1.16 bits per heavy atom. The van der Waals surface area contributed by atoms with Gasteiger partial charge in [0.15, 0.2) is 11.6 Å². The smallest absolute Gasteiger partial charge is 0.254 e. The first kappa shape index (κ1) is 14.6. The van der Waals surface area contributed by atoms with Crippen molar-refractivity contribution in [2.45, 2.75) is 26.3 Å².